The van der Waals surface area contributed by atoms with E-state index in [4.69, 9.17) is 0 Å². The van der Waals surface area contributed by atoms with E-state index in [1.807, 2.05) is 0 Å². The average Bonchev–Trinajstić information content (AvgIpc) is 2.70. The number of ether oxygens (including phenoxy) is 1. The zero-order chi connectivity index (χ0) is 20.4. The minimum absolute atomic E-state index is 0.126. The van der Waals surface area contributed by atoms with Crippen LogP contribution in [0, 0.1) is 0 Å². The minimum Gasteiger partial charge on any atom is -0.406 e. The number of rotatable bonds is 5. The van der Waals surface area contributed by atoms with Gasteiger partial charge in [-0.15, -0.1) is 13.2 Å². The van der Waals surface area contributed by atoms with Crippen LogP contribution in [0.4, 0.5) is 13.2 Å². The first-order valence-corrected chi connectivity index (χ1v) is 10.3. The standard InChI is InChI=1S/C25H25F3O/c1-2-3-4-17-5-6-19-14-20(8-7-18(19)13-17)21-9-10-23-16-24(29-25(26,27)28)12-11-22(23)15-21/h5-8,11-14,16,21H,2-4,9-10,15H2,1H3. The Hall–Kier alpha value is -2.49. The molecule has 0 aromatic heterocycles. The number of unbranched alkanes of at least 4 members (excludes halogenated alkanes) is 1. The molecule has 3 aromatic carbocycles. The summed E-state index contributed by atoms with van der Waals surface area (Å²) in [4.78, 5) is 0. The van der Waals surface area contributed by atoms with Gasteiger partial charge in [-0.1, -0.05) is 55.8 Å². The van der Waals surface area contributed by atoms with Crippen molar-refractivity contribution in [2.45, 2.75) is 57.7 Å². The number of halogens is 3. The summed E-state index contributed by atoms with van der Waals surface area (Å²) in [5.41, 5.74) is 4.77. The van der Waals surface area contributed by atoms with E-state index in [2.05, 4.69) is 48.1 Å². The van der Waals surface area contributed by atoms with Crippen molar-refractivity contribution >= 4 is 10.8 Å². The molecule has 4 heteroatoms. The molecule has 0 aliphatic heterocycles. The van der Waals surface area contributed by atoms with Gasteiger partial charge in [0.2, 0.25) is 0 Å². The Kier molecular flexibility index (Phi) is 5.53. The van der Waals surface area contributed by atoms with Crippen LogP contribution in [0.15, 0.2) is 54.6 Å². The van der Waals surface area contributed by atoms with Gasteiger partial charge < -0.3 is 4.74 Å². The molecule has 29 heavy (non-hydrogen) atoms. The molecule has 0 radical (unpaired) electrons. The lowest BCUT2D eigenvalue weighted by molar-refractivity contribution is -0.274. The van der Waals surface area contributed by atoms with Crippen molar-refractivity contribution in [3.8, 4) is 5.75 Å². The summed E-state index contributed by atoms with van der Waals surface area (Å²) >= 11 is 0. The fraction of sp³-hybridized carbons (Fsp3) is 0.360. The van der Waals surface area contributed by atoms with Crippen molar-refractivity contribution in [3.63, 3.8) is 0 Å². The lowest BCUT2D eigenvalue weighted by Crippen LogP contribution is -2.18. The largest absolute Gasteiger partial charge is 0.573 e. The van der Waals surface area contributed by atoms with E-state index in [9.17, 15) is 13.2 Å². The Morgan fingerprint density at radius 2 is 1.72 bits per heavy atom. The third-order valence-electron chi connectivity index (χ3n) is 5.86. The summed E-state index contributed by atoms with van der Waals surface area (Å²) < 4.78 is 41.4. The van der Waals surface area contributed by atoms with Crippen LogP contribution in [0.1, 0.15) is 54.4 Å². The fourth-order valence-electron chi connectivity index (χ4n) is 4.32. The molecule has 0 N–H and O–H groups in total. The van der Waals surface area contributed by atoms with E-state index in [1.54, 1.807) is 6.07 Å². The van der Waals surface area contributed by atoms with Gasteiger partial charge >= 0.3 is 6.36 Å². The topological polar surface area (TPSA) is 9.23 Å². The van der Waals surface area contributed by atoms with Crippen molar-refractivity contribution in [2.24, 2.45) is 0 Å². The Morgan fingerprint density at radius 1 is 0.931 bits per heavy atom. The van der Waals surface area contributed by atoms with Crippen molar-refractivity contribution in [2.75, 3.05) is 0 Å². The number of fused-ring (bicyclic) bond motifs is 2. The normalized spacial score (nSPS) is 16.6. The lowest BCUT2D eigenvalue weighted by atomic mass is 9.79. The monoisotopic (exact) mass is 398 g/mol. The molecule has 1 aliphatic rings. The van der Waals surface area contributed by atoms with Crippen LogP contribution in [0.2, 0.25) is 0 Å². The maximum atomic E-state index is 12.4. The molecule has 4 rings (SSSR count). The number of alkyl halides is 3. The summed E-state index contributed by atoms with van der Waals surface area (Å²) in [6.07, 6.45) is 1.43. The number of hydrogen-bond acceptors (Lipinski definition) is 1. The summed E-state index contributed by atoms with van der Waals surface area (Å²) in [5.74, 6) is 0.264. The van der Waals surface area contributed by atoms with Gasteiger partial charge in [-0.05, 0) is 83.2 Å². The molecule has 0 spiro atoms. The molecule has 0 saturated carbocycles. The fourth-order valence-corrected chi connectivity index (χ4v) is 4.32. The van der Waals surface area contributed by atoms with Gasteiger partial charge in [0.15, 0.2) is 0 Å². The Balaban J connectivity index is 1.52. The number of hydrogen-bond donors (Lipinski definition) is 0. The van der Waals surface area contributed by atoms with Gasteiger partial charge in [0.25, 0.3) is 0 Å². The number of aryl methyl sites for hydroxylation is 2. The third kappa shape index (κ3) is 4.75. The van der Waals surface area contributed by atoms with Crippen molar-refractivity contribution in [3.05, 3.63) is 76.9 Å². The molecular formula is C25H25F3O. The van der Waals surface area contributed by atoms with Gasteiger partial charge in [-0.3, -0.25) is 0 Å². The minimum atomic E-state index is -4.65. The summed E-state index contributed by atoms with van der Waals surface area (Å²) in [7, 11) is 0. The SMILES string of the molecule is CCCCc1ccc2cc(C3CCc4cc(OC(F)(F)F)ccc4C3)ccc2c1. The third-order valence-corrected chi connectivity index (χ3v) is 5.86. The molecule has 3 aromatic rings. The molecule has 1 aliphatic carbocycles. The van der Waals surface area contributed by atoms with Gasteiger partial charge in [0.1, 0.15) is 5.75 Å². The van der Waals surface area contributed by atoms with Crippen LogP contribution in [-0.2, 0) is 19.3 Å². The highest BCUT2D eigenvalue weighted by molar-refractivity contribution is 5.84. The Morgan fingerprint density at radius 3 is 2.52 bits per heavy atom. The van der Waals surface area contributed by atoms with Crippen molar-refractivity contribution < 1.29 is 17.9 Å². The highest BCUT2D eigenvalue weighted by Crippen LogP contribution is 2.36. The highest BCUT2D eigenvalue weighted by Gasteiger charge is 2.31. The van der Waals surface area contributed by atoms with E-state index in [0.29, 0.717) is 5.92 Å². The average molecular weight is 398 g/mol. The van der Waals surface area contributed by atoms with Crippen molar-refractivity contribution in [1.82, 2.24) is 0 Å². The van der Waals surface area contributed by atoms with E-state index in [1.165, 1.54) is 46.9 Å². The smallest absolute Gasteiger partial charge is 0.406 e. The zero-order valence-corrected chi connectivity index (χ0v) is 16.6. The summed E-state index contributed by atoms with van der Waals surface area (Å²) in [5, 5.41) is 2.52. The molecule has 0 saturated heterocycles. The van der Waals surface area contributed by atoms with Gasteiger partial charge in [0, 0.05) is 0 Å². The van der Waals surface area contributed by atoms with Crippen LogP contribution in [0.3, 0.4) is 0 Å². The van der Waals surface area contributed by atoms with Crippen LogP contribution < -0.4 is 4.74 Å². The van der Waals surface area contributed by atoms with E-state index >= 15 is 0 Å². The van der Waals surface area contributed by atoms with Crippen LogP contribution in [-0.4, -0.2) is 6.36 Å². The highest BCUT2D eigenvalue weighted by atomic mass is 19.4. The van der Waals surface area contributed by atoms with Gasteiger partial charge in [0.05, 0.1) is 0 Å². The summed E-state index contributed by atoms with van der Waals surface area (Å²) in [6, 6.07) is 18.1. The molecular weight excluding hydrogens is 373 g/mol. The molecule has 0 heterocycles. The first-order valence-electron chi connectivity index (χ1n) is 10.3. The second kappa shape index (κ2) is 8.10. The van der Waals surface area contributed by atoms with Gasteiger partial charge in [-0.2, -0.15) is 0 Å². The molecule has 0 fully saturated rings. The Bertz CT molecular complexity index is 1010. The summed E-state index contributed by atoms with van der Waals surface area (Å²) in [6.45, 7) is 2.21. The predicted octanol–water partition coefficient (Wildman–Crippen LogP) is 7.35. The number of benzene rings is 3. The molecule has 1 nitrogen and oxygen atoms in total. The first-order chi connectivity index (χ1) is 13.9. The van der Waals surface area contributed by atoms with E-state index in [-0.39, 0.29) is 5.75 Å². The molecule has 152 valence electrons. The molecule has 0 bridgehead atoms. The second-order valence-electron chi connectivity index (χ2n) is 7.96. The quantitative estimate of drug-likeness (QED) is 0.436. The second-order valence-corrected chi connectivity index (χ2v) is 7.96. The maximum Gasteiger partial charge on any atom is 0.573 e. The molecule has 0 amide bonds. The predicted molar refractivity (Wildman–Crippen MR) is 110 cm³/mol. The zero-order valence-electron chi connectivity index (χ0n) is 16.6. The van der Waals surface area contributed by atoms with Gasteiger partial charge in [-0.25, -0.2) is 0 Å². The van der Waals surface area contributed by atoms with Crippen LogP contribution in [0.25, 0.3) is 10.8 Å². The van der Waals surface area contributed by atoms with E-state index in [0.717, 1.165) is 36.8 Å². The molecule has 1 unspecified atom stereocenters. The van der Waals surface area contributed by atoms with E-state index < -0.39 is 6.36 Å². The Labute approximate surface area is 169 Å². The van der Waals surface area contributed by atoms with Crippen molar-refractivity contribution in [1.29, 1.82) is 0 Å². The molecule has 1 atom stereocenters. The maximum absolute atomic E-state index is 12.4. The lowest BCUT2D eigenvalue weighted by Gasteiger charge is -2.26. The first kappa shape index (κ1) is 19.8. The van der Waals surface area contributed by atoms with Crippen LogP contribution >= 0.6 is 0 Å². The van der Waals surface area contributed by atoms with Crippen LogP contribution in [0.5, 0.6) is 5.75 Å².